The summed E-state index contributed by atoms with van der Waals surface area (Å²) in [4.78, 5) is 22.4. The number of anilines is 1. The molecule has 0 aliphatic rings. The maximum Gasteiger partial charge on any atom is 0.261 e. The maximum absolute atomic E-state index is 13.4. The van der Waals surface area contributed by atoms with Crippen LogP contribution in [0, 0.1) is 17.4 Å². The smallest absolute Gasteiger partial charge is 0.261 e. The van der Waals surface area contributed by atoms with Crippen LogP contribution in [0.1, 0.15) is 35.3 Å². The SMILES string of the molecule is CCN(CC)CCN(C(=O)c1ccccc1I)c1nc2cc(C)c(C)cc2s1.Cl. The molecule has 156 valence electrons. The van der Waals surface area contributed by atoms with Gasteiger partial charge in [0.25, 0.3) is 5.91 Å². The molecule has 0 saturated carbocycles. The number of amides is 1. The van der Waals surface area contributed by atoms with Gasteiger partial charge in [-0.3, -0.25) is 9.69 Å². The Morgan fingerprint density at radius 3 is 2.38 bits per heavy atom. The van der Waals surface area contributed by atoms with Crippen LogP contribution in [0.2, 0.25) is 0 Å². The van der Waals surface area contributed by atoms with Crippen molar-refractivity contribution in [1.29, 1.82) is 0 Å². The minimum Gasteiger partial charge on any atom is -0.302 e. The Morgan fingerprint density at radius 1 is 1.07 bits per heavy atom. The Labute approximate surface area is 196 Å². The first-order chi connectivity index (χ1) is 13.4. The second-order valence-electron chi connectivity index (χ2n) is 6.86. The molecule has 4 nitrogen and oxygen atoms in total. The molecule has 1 heterocycles. The molecule has 0 atom stereocenters. The van der Waals surface area contributed by atoms with E-state index in [0.717, 1.165) is 44.1 Å². The van der Waals surface area contributed by atoms with Gasteiger partial charge in [-0.15, -0.1) is 12.4 Å². The number of hydrogen-bond acceptors (Lipinski definition) is 4. The standard InChI is InChI=1S/C22H26IN3OS.ClH/c1-5-25(6-2)11-12-26(21(27)17-9-7-8-10-18(17)23)22-24-19-13-15(3)16(4)14-20(19)28-22;/h7-10,13-14H,5-6,11-12H2,1-4H3;1H. The molecule has 0 fully saturated rings. The number of hydrogen-bond donors (Lipinski definition) is 0. The summed E-state index contributed by atoms with van der Waals surface area (Å²) in [6, 6.07) is 12.0. The van der Waals surface area contributed by atoms with Crippen molar-refractivity contribution < 1.29 is 4.79 Å². The minimum atomic E-state index is 0. The van der Waals surface area contributed by atoms with E-state index in [-0.39, 0.29) is 18.3 Å². The van der Waals surface area contributed by atoms with Gasteiger partial charge in [-0.25, -0.2) is 4.98 Å². The predicted octanol–water partition coefficient (Wildman–Crippen LogP) is 5.93. The summed E-state index contributed by atoms with van der Waals surface area (Å²) in [7, 11) is 0. The van der Waals surface area contributed by atoms with E-state index < -0.39 is 0 Å². The van der Waals surface area contributed by atoms with Crippen LogP contribution in [0.4, 0.5) is 5.13 Å². The monoisotopic (exact) mass is 543 g/mol. The summed E-state index contributed by atoms with van der Waals surface area (Å²) in [6.07, 6.45) is 0. The lowest BCUT2D eigenvalue weighted by molar-refractivity contribution is 0.0983. The van der Waals surface area contributed by atoms with Gasteiger partial charge in [0.1, 0.15) is 0 Å². The minimum absolute atomic E-state index is 0. The highest BCUT2D eigenvalue weighted by Gasteiger charge is 2.23. The van der Waals surface area contributed by atoms with E-state index in [0.29, 0.717) is 6.54 Å². The highest BCUT2D eigenvalue weighted by molar-refractivity contribution is 14.1. The van der Waals surface area contributed by atoms with Gasteiger partial charge in [0.05, 0.1) is 15.8 Å². The molecular weight excluding hydrogens is 517 g/mol. The lowest BCUT2D eigenvalue weighted by atomic mass is 10.1. The second-order valence-corrected chi connectivity index (χ2v) is 9.04. The molecule has 0 aliphatic heterocycles. The maximum atomic E-state index is 13.4. The summed E-state index contributed by atoms with van der Waals surface area (Å²) < 4.78 is 2.09. The Morgan fingerprint density at radius 2 is 1.72 bits per heavy atom. The van der Waals surface area contributed by atoms with Gasteiger partial charge in [-0.05, 0) is 84.9 Å². The fourth-order valence-corrected chi connectivity index (χ4v) is 4.82. The first-order valence-electron chi connectivity index (χ1n) is 9.61. The van der Waals surface area contributed by atoms with Crippen molar-refractivity contribution in [2.75, 3.05) is 31.1 Å². The Balaban J connectivity index is 0.00000300. The molecule has 3 rings (SSSR count). The van der Waals surface area contributed by atoms with Crippen molar-refractivity contribution in [3.8, 4) is 0 Å². The van der Waals surface area contributed by atoms with Gasteiger partial charge in [0.15, 0.2) is 5.13 Å². The number of carbonyl (C=O) groups excluding carboxylic acids is 1. The number of halogens is 2. The molecule has 0 bridgehead atoms. The summed E-state index contributed by atoms with van der Waals surface area (Å²) in [5, 5.41) is 0.775. The quantitative estimate of drug-likeness (QED) is 0.347. The third-order valence-corrected chi connectivity index (χ3v) is 7.09. The van der Waals surface area contributed by atoms with Gasteiger partial charge >= 0.3 is 0 Å². The van der Waals surface area contributed by atoms with Crippen LogP contribution >= 0.6 is 46.3 Å². The molecule has 0 radical (unpaired) electrons. The van der Waals surface area contributed by atoms with Crippen LogP contribution in [0.15, 0.2) is 36.4 Å². The number of fused-ring (bicyclic) bond motifs is 1. The van der Waals surface area contributed by atoms with Crippen molar-refractivity contribution in [2.45, 2.75) is 27.7 Å². The Kier molecular flexibility index (Phi) is 8.88. The van der Waals surface area contributed by atoms with E-state index in [1.54, 1.807) is 11.3 Å². The average molecular weight is 544 g/mol. The van der Waals surface area contributed by atoms with Crippen LogP contribution in [-0.2, 0) is 0 Å². The molecule has 1 amide bonds. The first kappa shape index (κ1) is 24.1. The van der Waals surface area contributed by atoms with Crippen LogP contribution in [0.3, 0.4) is 0 Å². The van der Waals surface area contributed by atoms with Crippen molar-refractivity contribution in [3.05, 3.63) is 56.7 Å². The summed E-state index contributed by atoms with van der Waals surface area (Å²) in [5.74, 6) is 0.0182. The van der Waals surface area contributed by atoms with Crippen molar-refractivity contribution >= 4 is 67.6 Å². The van der Waals surface area contributed by atoms with Gasteiger partial charge in [-0.1, -0.05) is 37.3 Å². The van der Waals surface area contributed by atoms with E-state index in [1.165, 1.54) is 11.1 Å². The van der Waals surface area contributed by atoms with Gasteiger partial charge in [0.2, 0.25) is 0 Å². The molecule has 3 aromatic rings. The number of carbonyl (C=O) groups is 1. The third-order valence-electron chi connectivity index (χ3n) is 5.11. The summed E-state index contributed by atoms with van der Waals surface area (Å²) >= 11 is 3.83. The van der Waals surface area contributed by atoms with Crippen molar-refractivity contribution in [3.63, 3.8) is 0 Å². The van der Waals surface area contributed by atoms with Gasteiger partial charge in [0, 0.05) is 16.7 Å². The van der Waals surface area contributed by atoms with E-state index >= 15 is 0 Å². The number of rotatable bonds is 7. The van der Waals surface area contributed by atoms with Crippen LogP contribution in [0.5, 0.6) is 0 Å². The first-order valence-corrected chi connectivity index (χ1v) is 11.5. The van der Waals surface area contributed by atoms with E-state index in [1.807, 2.05) is 29.2 Å². The average Bonchev–Trinajstić information content (AvgIpc) is 3.08. The molecule has 29 heavy (non-hydrogen) atoms. The number of thiazole rings is 1. The number of nitrogens with zero attached hydrogens (tertiary/aromatic N) is 3. The predicted molar refractivity (Wildman–Crippen MR) is 135 cm³/mol. The highest BCUT2D eigenvalue weighted by Crippen LogP contribution is 2.32. The molecule has 0 N–H and O–H groups in total. The van der Waals surface area contributed by atoms with Gasteiger partial charge in [-0.2, -0.15) is 0 Å². The molecule has 7 heteroatoms. The zero-order chi connectivity index (χ0) is 20.3. The van der Waals surface area contributed by atoms with E-state index in [9.17, 15) is 4.79 Å². The van der Waals surface area contributed by atoms with Crippen molar-refractivity contribution in [2.24, 2.45) is 0 Å². The molecular formula is C22H27ClIN3OS. The molecule has 0 spiro atoms. The molecule has 0 unspecified atom stereocenters. The highest BCUT2D eigenvalue weighted by atomic mass is 127. The van der Waals surface area contributed by atoms with Crippen LogP contribution in [-0.4, -0.2) is 42.0 Å². The molecule has 2 aromatic carbocycles. The Hall–Kier alpha value is -1.22. The largest absolute Gasteiger partial charge is 0.302 e. The lowest BCUT2D eigenvalue weighted by Crippen LogP contribution is -2.39. The second kappa shape index (κ2) is 10.7. The van der Waals surface area contributed by atoms with E-state index in [4.69, 9.17) is 4.98 Å². The zero-order valence-electron chi connectivity index (χ0n) is 17.2. The zero-order valence-corrected chi connectivity index (χ0v) is 21.0. The van der Waals surface area contributed by atoms with Crippen LogP contribution < -0.4 is 4.90 Å². The van der Waals surface area contributed by atoms with E-state index in [2.05, 4.69) is 67.3 Å². The number of benzene rings is 2. The van der Waals surface area contributed by atoms with Gasteiger partial charge < -0.3 is 4.90 Å². The topological polar surface area (TPSA) is 36.4 Å². The third kappa shape index (κ3) is 5.48. The Bertz CT molecular complexity index is 948. The van der Waals surface area contributed by atoms with Crippen LogP contribution in [0.25, 0.3) is 10.2 Å². The summed E-state index contributed by atoms with van der Waals surface area (Å²) in [6.45, 7) is 11.9. The van der Waals surface area contributed by atoms with Crippen molar-refractivity contribution in [1.82, 2.24) is 9.88 Å². The molecule has 1 aromatic heterocycles. The summed E-state index contributed by atoms with van der Waals surface area (Å²) in [5.41, 5.74) is 4.17. The number of aromatic nitrogens is 1. The normalized spacial score (nSPS) is 11.0. The molecule has 0 aliphatic carbocycles. The number of likely N-dealkylation sites (N-methyl/N-ethyl adjacent to an activating group) is 1. The fraction of sp³-hybridized carbons (Fsp3) is 0.364. The molecule has 0 saturated heterocycles. The number of aryl methyl sites for hydroxylation is 2. The fourth-order valence-electron chi connectivity index (χ4n) is 3.13. The lowest BCUT2D eigenvalue weighted by Gasteiger charge is -2.25.